The lowest BCUT2D eigenvalue weighted by Crippen LogP contribution is -2.11. The highest BCUT2D eigenvalue weighted by Crippen LogP contribution is 2.43. The van der Waals surface area contributed by atoms with Crippen LogP contribution in [0.15, 0.2) is 279 Å². The van der Waals surface area contributed by atoms with Gasteiger partial charge >= 0.3 is 0 Å². The van der Waals surface area contributed by atoms with Crippen LogP contribution in [0, 0.1) is 0 Å². The number of rotatable bonds is 10. The second-order valence-electron chi connectivity index (χ2n) is 25.6. The minimum absolute atomic E-state index is 0.508. The molecule has 7 aromatic heterocycles. The smallest absolute Gasteiger partial charge is 0.182 e. The van der Waals surface area contributed by atoms with Gasteiger partial charge in [-0.15, -0.1) is 10.2 Å². The highest BCUT2D eigenvalue weighted by atomic mass is 15.4. The largest absolute Gasteiger partial charge is 0.354 e. The van der Waals surface area contributed by atoms with Crippen LogP contribution in [0.1, 0.15) is 45.6 Å². The van der Waals surface area contributed by atoms with Crippen LogP contribution in [0.3, 0.4) is 0 Å². The summed E-state index contributed by atoms with van der Waals surface area (Å²) in [5, 5.41) is 9.52. The van der Waals surface area contributed by atoms with E-state index >= 15 is 0 Å². The molecule has 0 unspecified atom stereocenters. The molecule has 6 N–H and O–H groups in total. The fraction of sp³-hybridized carbons (Fsp3) is 0. The number of aromatic amines is 4. The Labute approximate surface area is 586 Å². The van der Waals surface area contributed by atoms with Gasteiger partial charge in [-0.25, -0.2) is 24.6 Å². The quantitative estimate of drug-likeness (QED) is 0.0848. The van der Waals surface area contributed by atoms with Gasteiger partial charge in [-0.2, -0.15) is 0 Å². The van der Waals surface area contributed by atoms with Crippen molar-refractivity contribution in [2.45, 2.75) is 0 Å². The molecule has 0 fully saturated rings. The van der Waals surface area contributed by atoms with E-state index in [9.17, 15) is 0 Å². The summed E-state index contributed by atoms with van der Waals surface area (Å²) in [7, 11) is 0. The lowest BCUT2D eigenvalue weighted by Gasteiger charge is -2.09. The minimum Gasteiger partial charge on any atom is -0.354 e. The molecule has 4 aliphatic rings. The van der Waals surface area contributed by atoms with Gasteiger partial charge in [0.1, 0.15) is 0 Å². The van der Waals surface area contributed by atoms with Crippen molar-refractivity contribution >= 4 is 92.7 Å². The molecule has 0 amide bonds. The van der Waals surface area contributed by atoms with E-state index in [1.807, 2.05) is 36.4 Å². The standard InChI is InChI=1S/C90H60N12/c91-102-89(63-35-31-61(32-36-63)87-77-51-47-73(96-77)83(57-23-11-3-12-24-57)69-43-39-65(92-69)81(55-19-7-1-8-20-55)66-40-44-70(93-66)84(58-25-13-4-14-26-58)74-48-52-78(87)97-74)100-101-90(102)64-37-33-62(34-38-64)88-79-53-49-75(98-79)85(59-27-15-5-16-28-59)71-45-41-67(94-71)82(56-21-9-2-10-22-56)68-42-46-72(95-68)86(60-29-17-6-18-30-60)76-50-54-80(88)99-76/h1-54,92,94,97,99H,91H2. The molecule has 0 aliphatic carbocycles. The molecule has 15 aromatic rings. The second kappa shape index (κ2) is 24.8. The number of nitrogens with zero attached hydrogens (tertiary/aromatic N) is 7. The molecule has 480 valence electrons. The van der Waals surface area contributed by atoms with E-state index in [0.29, 0.717) is 11.6 Å². The monoisotopic (exact) mass is 1310 g/mol. The Balaban J connectivity index is 0.734. The minimum atomic E-state index is 0.508. The molecule has 0 saturated carbocycles. The Hall–Kier alpha value is -14.1. The number of fused-ring (bicyclic) bond motifs is 16. The van der Waals surface area contributed by atoms with Crippen LogP contribution in [0.4, 0.5) is 0 Å². The zero-order chi connectivity index (χ0) is 67.6. The molecule has 11 heterocycles. The highest BCUT2D eigenvalue weighted by Gasteiger charge is 2.24. The van der Waals surface area contributed by atoms with Crippen molar-refractivity contribution in [3.63, 3.8) is 0 Å². The lowest BCUT2D eigenvalue weighted by molar-refractivity contribution is 1.02. The van der Waals surface area contributed by atoms with Gasteiger partial charge in [0.15, 0.2) is 11.6 Å². The predicted molar refractivity (Wildman–Crippen MR) is 419 cm³/mol. The van der Waals surface area contributed by atoms with E-state index in [0.717, 1.165) is 190 Å². The SMILES string of the molecule is Nn1c(-c2ccc(-c3c4nc(c(-c5ccccc5)c5ccc([nH]5)c(-c5ccccc5)c5nc(c(-c6ccccc6)c6ccc3[nH]6)C=C5)C=C4)cc2)nnc1-c1ccc(-c2c3nc(c(-c4ccccc4)c4ccc([nH]4)c(-c4ccccc4)c4nc(c(-c5ccccc5)c5ccc2[nH]5)C=C4)C=C3)cc1. The van der Waals surface area contributed by atoms with Crippen LogP contribution in [-0.2, 0) is 0 Å². The van der Waals surface area contributed by atoms with Crippen molar-refractivity contribution in [3.8, 4) is 112 Å². The van der Waals surface area contributed by atoms with E-state index in [4.69, 9.17) is 36.0 Å². The van der Waals surface area contributed by atoms with E-state index in [2.05, 4.69) is 311 Å². The third-order valence-corrected chi connectivity index (χ3v) is 19.4. The predicted octanol–water partition coefficient (Wildman–Crippen LogP) is 21.6. The first-order valence-electron chi connectivity index (χ1n) is 34.0. The first-order valence-corrected chi connectivity index (χ1v) is 34.0. The van der Waals surface area contributed by atoms with Gasteiger partial charge in [-0.3, -0.25) is 0 Å². The normalized spacial score (nSPS) is 12.2. The van der Waals surface area contributed by atoms with Gasteiger partial charge < -0.3 is 25.8 Å². The average Bonchev–Trinajstić information content (AvgIpc) is 1.61. The van der Waals surface area contributed by atoms with Crippen molar-refractivity contribution in [1.82, 2.24) is 54.7 Å². The lowest BCUT2D eigenvalue weighted by atomic mass is 10.0. The van der Waals surface area contributed by atoms with Crippen molar-refractivity contribution in [2.24, 2.45) is 0 Å². The molecule has 0 atom stereocenters. The second-order valence-corrected chi connectivity index (χ2v) is 25.6. The van der Waals surface area contributed by atoms with Gasteiger partial charge in [-0.1, -0.05) is 231 Å². The van der Waals surface area contributed by atoms with Crippen LogP contribution < -0.4 is 5.84 Å². The molecule has 4 aliphatic heterocycles. The van der Waals surface area contributed by atoms with Gasteiger partial charge in [0.2, 0.25) is 0 Å². The van der Waals surface area contributed by atoms with Crippen molar-refractivity contribution in [3.05, 3.63) is 325 Å². The molecular weight excluding hydrogens is 1250 g/mol. The molecule has 12 heteroatoms. The summed E-state index contributed by atoms with van der Waals surface area (Å²) < 4.78 is 1.57. The average molecular weight is 1310 g/mol. The summed E-state index contributed by atoms with van der Waals surface area (Å²) in [6.45, 7) is 0. The molecule has 19 rings (SSSR count). The fourth-order valence-electron chi connectivity index (χ4n) is 14.7. The molecule has 102 heavy (non-hydrogen) atoms. The molecule has 0 saturated heterocycles. The topological polar surface area (TPSA) is 171 Å². The van der Waals surface area contributed by atoms with Crippen LogP contribution in [0.5, 0.6) is 0 Å². The van der Waals surface area contributed by atoms with Crippen LogP contribution in [0.2, 0.25) is 0 Å². The molecular formula is C90H60N12. The van der Waals surface area contributed by atoms with Crippen LogP contribution >= 0.6 is 0 Å². The third-order valence-electron chi connectivity index (χ3n) is 19.4. The number of nitrogen functional groups attached to an aromatic ring is 1. The Morgan fingerprint density at radius 2 is 0.343 bits per heavy atom. The van der Waals surface area contributed by atoms with Gasteiger partial charge in [0.05, 0.1) is 45.6 Å². The van der Waals surface area contributed by atoms with E-state index in [1.165, 1.54) is 0 Å². The van der Waals surface area contributed by atoms with Crippen molar-refractivity contribution < 1.29 is 0 Å². The van der Waals surface area contributed by atoms with Crippen LogP contribution in [0.25, 0.3) is 205 Å². The number of benzene rings is 8. The maximum absolute atomic E-state index is 7.13. The first kappa shape index (κ1) is 59.2. The van der Waals surface area contributed by atoms with E-state index < -0.39 is 0 Å². The molecule has 8 aromatic carbocycles. The van der Waals surface area contributed by atoms with Gasteiger partial charge in [-0.05, 0) is 142 Å². The summed E-state index contributed by atoms with van der Waals surface area (Å²) in [6.07, 6.45) is 17.0. The maximum Gasteiger partial charge on any atom is 0.182 e. The Bertz CT molecular complexity index is 5860. The fourth-order valence-corrected chi connectivity index (χ4v) is 14.7. The third kappa shape index (κ3) is 10.5. The zero-order valence-electron chi connectivity index (χ0n) is 54.9. The molecule has 16 bridgehead atoms. The van der Waals surface area contributed by atoms with Gasteiger partial charge in [0, 0.05) is 99.8 Å². The summed E-state index contributed by atoms with van der Waals surface area (Å²) in [5.74, 6) is 8.14. The maximum atomic E-state index is 7.13. The van der Waals surface area contributed by atoms with Crippen molar-refractivity contribution in [2.75, 3.05) is 5.84 Å². The number of nitrogens with two attached hydrogens (primary N) is 1. The van der Waals surface area contributed by atoms with Crippen molar-refractivity contribution in [1.29, 1.82) is 0 Å². The van der Waals surface area contributed by atoms with Gasteiger partial charge in [0.25, 0.3) is 0 Å². The number of aromatic nitrogens is 11. The summed E-state index contributed by atoms with van der Waals surface area (Å²) in [4.78, 5) is 37.5. The van der Waals surface area contributed by atoms with E-state index in [1.54, 1.807) is 4.68 Å². The molecule has 12 nitrogen and oxygen atoms in total. The Morgan fingerprint density at radius 1 is 0.186 bits per heavy atom. The van der Waals surface area contributed by atoms with E-state index in [-0.39, 0.29) is 0 Å². The highest BCUT2D eigenvalue weighted by molar-refractivity contribution is 6.03. The number of hydrogen-bond acceptors (Lipinski definition) is 7. The van der Waals surface area contributed by atoms with Crippen LogP contribution in [-0.4, -0.2) is 54.7 Å². The summed E-state index contributed by atoms with van der Waals surface area (Å²) in [5.41, 5.74) is 31.5. The molecule has 0 radical (unpaired) electrons. The number of hydrogen-bond donors (Lipinski definition) is 5. The number of H-pyrrole nitrogens is 4. The first-order chi connectivity index (χ1) is 50.5. The zero-order valence-corrected chi connectivity index (χ0v) is 54.9. The summed E-state index contributed by atoms with van der Waals surface area (Å²) in [6, 6.07) is 96.7. The Kier molecular flexibility index (Phi) is 14.4. The number of nitrogens with one attached hydrogen (secondary N) is 4. The molecule has 0 spiro atoms. The Morgan fingerprint density at radius 3 is 0.520 bits per heavy atom. The summed E-state index contributed by atoms with van der Waals surface area (Å²) >= 11 is 0.